The van der Waals surface area contributed by atoms with Gasteiger partial charge in [0.25, 0.3) is 0 Å². The maximum atomic E-state index is 2.92. The molecule has 0 spiro atoms. The van der Waals surface area contributed by atoms with Crippen molar-refractivity contribution in [1.82, 2.24) is 0 Å². The summed E-state index contributed by atoms with van der Waals surface area (Å²) < 4.78 is 0. The third-order valence-electron chi connectivity index (χ3n) is 6.58. The molecule has 3 rings (SSSR count). The fourth-order valence-corrected chi connectivity index (χ4v) is 9.13. The average Bonchev–Trinajstić information content (AvgIpc) is 3.34. The van der Waals surface area contributed by atoms with Gasteiger partial charge in [-0.05, 0) is 61.6 Å². The standard InChI is InChI=1S/C22H41P.C5H5.3ClH.Ti/c1-3-5-9-15-20(14-6-4-2)23(21-16-10-7-11-17-21)22-18-12-8-13-19-22;1-2-4-5-3-1;;;;/h15,21-22H,3-14,16-19H2,1-2H3;1-2,5H,3H2;3*1H;/q;-1;;;;+4/p-3. The van der Waals surface area contributed by atoms with Gasteiger partial charge in [0, 0.05) is 0 Å². The largest absolute Gasteiger partial charge is 4.00 e. The van der Waals surface area contributed by atoms with Crippen LogP contribution in [0.4, 0.5) is 0 Å². The van der Waals surface area contributed by atoms with Gasteiger partial charge >= 0.3 is 21.7 Å². The van der Waals surface area contributed by atoms with Crippen LogP contribution < -0.4 is 37.2 Å². The molecule has 2 saturated carbocycles. The summed E-state index contributed by atoms with van der Waals surface area (Å²) in [5.74, 6) is 0. The molecule has 3 aliphatic rings. The zero-order chi connectivity index (χ0) is 19.9. The van der Waals surface area contributed by atoms with Crippen LogP contribution in [0.1, 0.15) is 123 Å². The van der Waals surface area contributed by atoms with Gasteiger partial charge in [-0.3, -0.25) is 6.08 Å². The molecule has 0 bridgehead atoms. The molecule has 0 saturated heterocycles. The Bertz CT molecular complexity index is 453. The molecule has 184 valence electrons. The van der Waals surface area contributed by atoms with E-state index in [0.29, 0.717) is 0 Å². The molecule has 5 heteroatoms. The van der Waals surface area contributed by atoms with Crippen molar-refractivity contribution in [3.8, 4) is 0 Å². The SMILES string of the molecule is CCCCC=C(CCCC)P(C1CCCCC1)C1CCCCC1.[C-]1=CCC=C1.[Cl-].[Cl-].[Cl-].[Ti+4]. The first-order chi connectivity index (χ1) is 13.9. The summed E-state index contributed by atoms with van der Waals surface area (Å²) in [7, 11) is 0.172. The van der Waals surface area contributed by atoms with Crippen molar-refractivity contribution in [1.29, 1.82) is 0 Å². The van der Waals surface area contributed by atoms with Gasteiger partial charge in [-0.2, -0.15) is 6.08 Å². The summed E-state index contributed by atoms with van der Waals surface area (Å²) in [6.07, 6.45) is 36.4. The zero-order valence-electron chi connectivity index (χ0n) is 20.6. The third kappa shape index (κ3) is 15.3. The quantitative estimate of drug-likeness (QED) is 0.170. The Morgan fingerprint density at radius 3 is 1.75 bits per heavy atom. The Kier molecular flexibility index (Phi) is 29.9. The number of unbranched alkanes of at least 4 members (excludes halogenated alkanes) is 3. The Morgan fingerprint density at radius 2 is 1.38 bits per heavy atom. The van der Waals surface area contributed by atoms with Crippen LogP contribution in [0.3, 0.4) is 0 Å². The summed E-state index contributed by atoms with van der Waals surface area (Å²) in [5, 5.41) is 1.97. The summed E-state index contributed by atoms with van der Waals surface area (Å²) in [6.45, 7) is 4.71. The molecule has 3 aliphatic carbocycles. The Morgan fingerprint density at radius 1 is 0.844 bits per heavy atom. The normalized spacial score (nSPS) is 18.5. The van der Waals surface area contributed by atoms with Crippen molar-refractivity contribution in [3.63, 3.8) is 0 Å². The van der Waals surface area contributed by atoms with Crippen molar-refractivity contribution < 1.29 is 58.9 Å². The van der Waals surface area contributed by atoms with E-state index in [1.807, 2.05) is 17.5 Å². The summed E-state index contributed by atoms with van der Waals surface area (Å²) in [5.41, 5.74) is 2.18. The van der Waals surface area contributed by atoms with Crippen molar-refractivity contribution in [2.75, 3.05) is 0 Å². The number of allylic oxidation sites excluding steroid dienone is 6. The smallest absolute Gasteiger partial charge is 1.00 e. The molecule has 0 heterocycles. The van der Waals surface area contributed by atoms with Crippen LogP contribution >= 0.6 is 7.92 Å². The molecule has 0 aromatic carbocycles. The predicted molar refractivity (Wildman–Crippen MR) is 129 cm³/mol. The molecular weight excluding hydrogens is 509 g/mol. The molecule has 32 heavy (non-hydrogen) atoms. The van der Waals surface area contributed by atoms with Gasteiger partial charge in [0.15, 0.2) is 0 Å². The van der Waals surface area contributed by atoms with E-state index in [1.54, 1.807) is 25.7 Å². The van der Waals surface area contributed by atoms with Gasteiger partial charge in [0.2, 0.25) is 0 Å². The second-order valence-electron chi connectivity index (χ2n) is 8.94. The minimum absolute atomic E-state index is 0. The molecule has 2 fully saturated rings. The van der Waals surface area contributed by atoms with Gasteiger partial charge < -0.3 is 37.2 Å². The maximum absolute atomic E-state index is 2.92. The molecule has 0 nitrogen and oxygen atoms in total. The molecule has 0 aliphatic heterocycles. The predicted octanol–water partition coefficient (Wildman–Crippen LogP) is 0.713. The molecule has 0 radical (unpaired) electrons. The van der Waals surface area contributed by atoms with E-state index in [4.69, 9.17) is 0 Å². The van der Waals surface area contributed by atoms with Crippen molar-refractivity contribution in [2.45, 2.75) is 134 Å². The van der Waals surface area contributed by atoms with E-state index < -0.39 is 0 Å². The van der Waals surface area contributed by atoms with Crippen molar-refractivity contribution in [2.24, 2.45) is 0 Å². The molecular formula is C27H46Cl3PTi. The molecule has 0 aromatic heterocycles. The van der Waals surface area contributed by atoms with Crippen molar-refractivity contribution in [3.05, 3.63) is 35.7 Å². The molecule has 0 atom stereocenters. The molecule has 0 N–H and O–H groups in total. The van der Waals surface area contributed by atoms with Crippen LogP contribution in [0.2, 0.25) is 0 Å². The van der Waals surface area contributed by atoms with Crippen LogP contribution in [0, 0.1) is 6.08 Å². The van der Waals surface area contributed by atoms with Gasteiger partial charge in [-0.25, -0.2) is 12.2 Å². The Balaban J connectivity index is -0.000000827. The summed E-state index contributed by atoms with van der Waals surface area (Å²) in [4.78, 5) is 0. The van der Waals surface area contributed by atoms with E-state index in [1.165, 1.54) is 77.0 Å². The Hall–Kier alpha value is 1.23. The van der Waals surface area contributed by atoms with Gasteiger partial charge in [0.05, 0.1) is 0 Å². The minimum atomic E-state index is 0. The third-order valence-corrected chi connectivity index (χ3v) is 10.3. The molecule has 0 amide bonds. The van der Waals surface area contributed by atoms with Gasteiger partial charge in [-0.1, -0.05) is 85.6 Å². The van der Waals surface area contributed by atoms with E-state index in [0.717, 1.165) is 17.7 Å². The monoisotopic (exact) mass is 554 g/mol. The van der Waals surface area contributed by atoms with Crippen LogP contribution in [0.15, 0.2) is 29.6 Å². The van der Waals surface area contributed by atoms with Gasteiger partial charge in [0.1, 0.15) is 0 Å². The van der Waals surface area contributed by atoms with Crippen molar-refractivity contribution >= 4 is 7.92 Å². The van der Waals surface area contributed by atoms with E-state index >= 15 is 0 Å². The number of rotatable bonds is 9. The number of halogens is 3. The van der Waals surface area contributed by atoms with Gasteiger partial charge in [-0.15, -0.1) is 6.42 Å². The molecule has 0 unspecified atom stereocenters. The van der Waals surface area contributed by atoms with E-state index in [2.05, 4.69) is 32.1 Å². The molecule has 0 aromatic rings. The van der Waals surface area contributed by atoms with Crippen LogP contribution in [-0.2, 0) is 21.7 Å². The minimum Gasteiger partial charge on any atom is -1.00 e. The maximum Gasteiger partial charge on any atom is 4.00 e. The van der Waals surface area contributed by atoms with E-state index in [9.17, 15) is 0 Å². The second-order valence-corrected chi connectivity index (χ2v) is 11.8. The Labute approximate surface area is 235 Å². The number of hydrogen-bond donors (Lipinski definition) is 0. The topological polar surface area (TPSA) is 0 Å². The van der Waals surface area contributed by atoms with E-state index in [-0.39, 0.29) is 66.9 Å². The van der Waals surface area contributed by atoms with Crippen LogP contribution in [0.25, 0.3) is 0 Å². The zero-order valence-corrected chi connectivity index (χ0v) is 25.3. The summed E-state index contributed by atoms with van der Waals surface area (Å²) in [6, 6.07) is 0. The average molecular weight is 556 g/mol. The number of hydrogen-bond acceptors (Lipinski definition) is 0. The van der Waals surface area contributed by atoms with Crippen LogP contribution in [-0.4, -0.2) is 11.3 Å². The first-order valence-corrected chi connectivity index (χ1v) is 14.0. The second kappa shape index (κ2) is 25.3. The van der Waals surface area contributed by atoms with Crippen LogP contribution in [0.5, 0.6) is 0 Å². The first-order valence-electron chi connectivity index (χ1n) is 12.6. The fourth-order valence-electron chi connectivity index (χ4n) is 4.99. The summed E-state index contributed by atoms with van der Waals surface area (Å²) >= 11 is 0. The first kappa shape index (κ1) is 37.8. The fraction of sp³-hybridized carbons (Fsp3) is 0.778.